The Morgan fingerprint density at radius 1 is 1.04 bits per heavy atom. The summed E-state index contributed by atoms with van der Waals surface area (Å²) in [4.78, 5) is 4.33. The van der Waals surface area contributed by atoms with Crippen LogP contribution in [0.2, 0.25) is 0 Å². The Labute approximate surface area is 151 Å². The van der Waals surface area contributed by atoms with Gasteiger partial charge in [0.15, 0.2) is 5.13 Å². The molecular weight excluding hydrogens is 354 g/mol. The summed E-state index contributed by atoms with van der Waals surface area (Å²) in [6.45, 7) is 1.92. The van der Waals surface area contributed by atoms with Gasteiger partial charge in [-0.1, -0.05) is 36.4 Å². The number of aromatic nitrogens is 1. The van der Waals surface area contributed by atoms with Crippen LogP contribution in [0.4, 0.5) is 16.5 Å². The number of sulfonamides is 1. The quantitative estimate of drug-likeness (QED) is 0.664. The zero-order chi connectivity index (χ0) is 17.7. The van der Waals surface area contributed by atoms with Gasteiger partial charge >= 0.3 is 0 Å². The molecule has 0 radical (unpaired) electrons. The maximum Gasteiger partial charge on any atom is 0.255 e. The van der Waals surface area contributed by atoms with Gasteiger partial charge in [0.2, 0.25) is 0 Å². The van der Waals surface area contributed by atoms with E-state index in [1.54, 1.807) is 24.3 Å². The van der Waals surface area contributed by atoms with Gasteiger partial charge in [0.1, 0.15) is 0 Å². The summed E-state index contributed by atoms with van der Waals surface area (Å²) in [6.07, 6.45) is 1.56. The van der Waals surface area contributed by atoms with Crippen molar-refractivity contribution in [3.05, 3.63) is 76.6 Å². The van der Waals surface area contributed by atoms with Crippen molar-refractivity contribution < 1.29 is 8.42 Å². The molecule has 0 aliphatic carbocycles. The maximum atomic E-state index is 12.2. The van der Waals surface area contributed by atoms with Crippen LogP contribution in [0.5, 0.6) is 0 Å². The van der Waals surface area contributed by atoms with E-state index in [2.05, 4.69) is 15.0 Å². The number of benzene rings is 2. The highest BCUT2D eigenvalue weighted by Gasteiger charge is 2.07. The number of anilines is 3. The van der Waals surface area contributed by atoms with E-state index in [-0.39, 0.29) is 0 Å². The van der Waals surface area contributed by atoms with Crippen LogP contribution in [-0.4, -0.2) is 13.4 Å². The Balaban J connectivity index is 1.71. The number of hydrogen-bond donors (Lipinski definition) is 2. The molecule has 3 rings (SSSR count). The maximum absolute atomic E-state index is 12.2. The van der Waals surface area contributed by atoms with Crippen molar-refractivity contribution in [2.75, 3.05) is 10.0 Å². The molecule has 128 valence electrons. The van der Waals surface area contributed by atoms with Gasteiger partial charge in [-0.15, -0.1) is 11.3 Å². The molecule has 2 aromatic carbocycles. The van der Waals surface area contributed by atoms with E-state index < -0.39 is 10.0 Å². The van der Waals surface area contributed by atoms with Gasteiger partial charge in [-0.25, -0.2) is 13.4 Å². The summed E-state index contributed by atoms with van der Waals surface area (Å²) in [5, 5.41) is 7.04. The minimum atomic E-state index is -3.59. The highest BCUT2D eigenvalue weighted by Crippen LogP contribution is 2.23. The van der Waals surface area contributed by atoms with E-state index in [0.717, 1.165) is 27.5 Å². The fraction of sp³-hybridized carbons (Fsp3) is 0.0556. The van der Waals surface area contributed by atoms with Crippen LogP contribution in [-0.2, 0) is 10.0 Å². The van der Waals surface area contributed by atoms with E-state index in [4.69, 9.17) is 0 Å². The zero-order valence-electron chi connectivity index (χ0n) is 13.5. The Morgan fingerprint density at radius 2 is 1.80 bits per heavy atom. The van der Waals surface area contributed by atoms with Crippen molar-refractivity contribution in [1.82, 2.24) is 4.98 Å². The Kier molecular flexibility index (Phi) is 5.16. The molecule has 0 spiro atoms. The molecule has 1 heterocycles. The van der Waals surface area contributed by atoms with Crippen molar-refractivity contribution in [3.8, 4) is 0 Å². The van der Waals surface area contributed by atoms with Gasteiger partial charge in [0, 0.05) is 11.1 Å². The number of hydrogen-bond acceptors (Lipinski definition) is 5. The lowest BCUT2D eigenvalue weighted by molar-refractivity contribution is 0.609. The van der Waals surface area contributed by atoms with Crippen LogP contribution >= 0.6 is 11.3 Å². The van der Waals surface area contributed by atoms with Gasteiger partial charge in [0.25, 0.3) is 10.0 Å². The van der Waals surface area contributed by atoms with Crippen LogP contribution in [0.3, 0.4) is 0 Å². The van der Waals surface area contributed by atoms with Crippen molar-refractivity contribution >= 4 is 43.9 Å². The third kappa shape index (κ3) is 5.17. The Hall–Kier alpha value is -2.64. The highest BCUT2D eigenvalue weighted by molar-refractivity contribution is 7.95. The third-order valence-corrected chi connectivity index (χ3v) is 5.12. The van der Waals surface area contributed by atoms with Crippen LogP contribution in [0.15, 0.2) is 65.4 Å². The fourth-order valence-electron chi connectivity index (χ4n) is 2.13. The average molecular weight is 371 g/mol. The molecule has 0 aliphatic heterocycles. The van der Waals surface area contributed by atoms with Gasteiger partial charge in [-0.3, -0.25) is 4.72 Å². The Bertz CT molecular complexity index is 980. The molecule has 5 nitrogen and oxygen atoms in total. The highest BCUT2D eigenvalue weighted by atomic mass is 32.2. The summed E-state index contributed by atoms with van der Waals surface area (Å²) in [7, 11) is -3.59. The number of nitrogens with one attached hydrogen (secondary N) is 2. The molecule has 1 aromatic heterocycles. The van der Waals surface area contributed by atoms with Crippen LogP contribution in [0, 0.1) is 6.92 Å². The number of thiazole rings is 1. The lowest BCUT2D eigenvalue weighted by Gasteiger charge is -2.07. The summed E-state index contributed by atoms with van der Waals surface area (Å²) < 4.78 is 27.0. The van der Waals surface area contributed by atoms with Gasteiger partial charge < -0.3 is 5.32 Å². The van der Waals surface area contributed by atoms with E-state index in [0.29, 0.717) is 5.69 Å². The minimum Gasteiger partial charge on any atom is -0.331 e. The number of nitrogens with zero attached hydrogens (tertiary/aromatic N) is 1. The summed E-state index contributed by atoms with van der Waals surface area (Å²) >= 11 is 1.50. The average Bonchev–Trinajstić information content (AvgIpc) is 2.99. The molecule has 0 amide bonds. The SMILES string of the molecule is Cc1csc(Nc2cccc(NS(=O)(=O)C=Cc3ccccc3)c2)n1. The van der Waals surface area contributed by atoms with Crippen LogP contribution in [0.1, 0.15) is 11.3 Å². The molecule has 0 fully saturated rings. The van der Waals surface area contributed by atoms with Crippen molar-refractivity contribution in [2.24, 2.45) is 0 Å². The molecule has 0 aliphatic rings. The molecule has 0 saturated heterocycles. The van der Waals surface area contributed by atoms with E-state index in [1.807, 2.05) is 48.7 Å². The lowest BCUT2D eigenvalue weighted by Crippen LogP contribution is -2.08. The predicted octanol–water partition coefficient (Wildman–Crippen LogP) is 4.61. The van der Waals surface area contributed by atoms with Gasteiger partial charge in [-0.05, 0) is 36.8 Å². The first-order valence-electron chi connectivity index (χ1n) is 7.55. The number of aryl methyl sites for hydroxylation is 1. The van der Waals surface area contributed by atoms with E-state index in [9.17, 15) is 8.42 Å². The first-order valence-corrected chi connectivity index (χ1v) is 9.98. The zero-order valence-corrected chi connectivity index (χ0v) is 15.1. The fourth-order valence-corrected chi connectivity index (χ4v) is 3.69. The normalized spacial score (nSPS) is 11.6. The molecule has 0 saturated carbocycles. The lowest BCUT2D eigenvalue weighted by atomic mass is 10.2. The molecule has 3 aromatic rings. The summed E-state index contributed by atoms with van der Waals surface area (Å²) in [6, 6.07) is 16.3. The van der Waals surface area contributed by atoms with Crippen molar-refractivity contribution in [3.63, 3.8) is 0 Å². The first kappa shape index (κ1) is 17.2. The molecule has 7 heteroatoms. The molecule has 2 N–H and O–H groups in total. The second-order valence-corrected chi connectivity index (χ2v) is 7.78. The standard InChI is InChI=1S/C18H17N3O2S2/c1-14-13-24-18(19-14)20-16-8-5-9-17(12-16)21-25(22,23)11-10-15-6-3-2-4-7-15/h2-13,21H,1H3,(H,19,20). The second kappa shape index (κ2) is 7.50. The smallest absolute Gasteiger partial charge is 0.255 e. The first-order chi connectivity index (χ1) is 12.0. The topological polar surface area (TPSA) is 71.1 Å². The number of rotatable bonds is 6. The molecule has 0 unspecified atom stereocenters. The van der Waals surface area contributed by atoms with E-state index >= 15 is 0 Å². The molecular formula is C18H17N3O2S2. The largest absolute Gasteiger partial charge is 0.331 e. The Morgan fingerprint density at radius 3 is 2.52 bits per heavy atom. The summed E-state index contributed by atoms with van der Waals surface area (Å²) in [5.74, 6) is 0. The second-order valence-electron chi connectivity index (χ2n) is 5.36. The predicted molar refractivity (Wildman–Crippen MR) is 105 cm³/mol. The molecule has 25 heavy (non-hydrogen) atoms. The van der Waals surface area contributed by atoms with Gasteiger partial charge in [-0.2, -0.15) is 0 Å². The third-order valence-electron chi connectivity index (χ3n) is 3.23. The summed E-state index contributed by atoms with van der Waals surface area (Å²) in [5.41, 5.74) is 3.01. The van der Waals surface area contributed by atoms with E-state index in [1.165, 1.54) is 11.3 Å². The van der Waals surface area contributed by atoms with Crippen LogP contribution < -0.4 is 10.0 Å². The minimum absolute atomic E-state index is 0.482. The monoisotopic (exact) mass is 371 g/mol. The molecule has 0 bridgehead atoms. The van der Waals surface area contributed by atoms with Crippen molar-refractivity contribution in [2.45, 2.75) is 6.92 Å². The molecule has 0 atom stereocenters. The van der Waals surface area contributed by atoms with Crippen molar-refractivity contribution in [1.29, 1.82) is 0 Å². The van der Waals surface area contributed by atoms with Gasteiger partial charge in [0.05, 0.1) is 16.8 Å². The van der Waals surface area contributed by atoms with Crippen LogP contribution in [0.25, 0.3) is 6.08 Å².